The number of aryl methyl sites for hydroxylation is 1. The number of hydrogen-bond acceptors (Lipinski definition) is 6. The van der Waals surface area contributed by atoms with Crippen molar-refractivity contribution in [3.05, 3.63) is 53.1 Å². The molecule has 0 aliphatic carbocycles. The molecular formula is C18H24NO6P. The number of hydrogen-bond donors (Lipinski definition) is 1. The van der Waals surface area contributed by atoms with Gasteiger partial charge in [-0.1, -0.05) is 24.3 Å². The van der Waals surface area contributed by atoms with E-state index in [1.807, 2.05) is 37.3 Å². The quantitative estimate of drug-likeness (QED) is 0.572. The minimum Gasteiger partial charge on any atom is -0.746 e. The number of rotatable bonds is 7. The predicted molar refractivity (Wildman–Crippen MR) is 101 cm³/mol. The predicted octanol–water partition coefficient (Wildman–Crippen LogP) is 4.05. The zero-order valence-corrected chi connectivity index (χ0v) is 16.4. The highest BCUT2D eigenvalue weighted by Crippen LogP contribution is 2.38. The number of methoxy groups -OCH3 is 2. The molecule has 0 saturated heterocycles. The Labute approximate surface area is 153 Å². The first-order valence-corrected chi connectivity index (χ1v) is 8.91. The lowest BCUT2D eigenvalue weighted by Crippen LogP contribution is -2.08. The molecule has 0 heterocycles. The summed E-state index contributed by atoms with van der Waals surface area (Å²) in [7, 11) is -0.0868. The molecule has 0 bridgehead atoms. The second-order valence-corrected chi connectivity index (χ2v) is 6.64. The van der Waals surface area contributed by atoms with Gasteiger partial charge >= 0.3 is 7.82 Å². The molecule has 1 unspecified atom stereocenters. The minimum atomic E-state index is -4.32. The van der Waals surface area contributed by atoms with Crippen LogP contribution in [0.5, 0.6) is 17.2 Å². The molecule has 2 aromatic carbocycles. The molecule has 4 N–H and O–H groups in total. The second kappa shape index (κ2) is 9.40. The van der Waals surface area contributed by atoms with Crippen molar-refractivity contribution in [2.24, 2.45) is 0 Å². The first-order valence-electron chi connectivity index (χ1n) is 7.45. The van der Waals surface area contributed by atoms with Crippen molar-refractivity contribution in [3.8, 4) is 17.2 Å². The fourth-order valence-corrected chi connectivity index (χ4v) is 2.76. The number of phosphoric acid groups is 1. The molecule has 1 atom stereocenters. The van der Waals surface area contributed by atoms with Gasteiger partial charge in [-0.15, -0.1) is 0 Å². The fourth-order valence-electron chi connectivity index (χ4n) is 2.31. The molecule has 2 rings (SSSR count). The summed E-state index contributed by atoms with van der Waals surface area (Å²) < 4.78 is 31.2. The maximum Gasteiger partial charge on any atom is 0.319 e. The lowest BCUT2D eigenvalue weighted by Gasteiger charge is -2.21. The van der Waals surface area contributed by atoms with Gasteiger partial charge in [-0.3, -0.25) is 4.57 Å². The molecule has 0 saturated carbocycles. The van der Waals surface area contributed by atoms with E-state index in [1.165, 1.54) is 0 Å². The third kappa shape index (κ3) is 5.61. The maximum absolute atomic E-state index is 11.4. The summed E-state index contributed by atoms with van der Waals surface area (Å²) in [6, 6.07) is 10.5. The summed E-state index contributed by atoms with van der Waals surface area (Å²) in [6.07, 6.45) is 3.73. The molecule has 142 valence electrons. The molecule has 0 spiro atoms. The van der Waals surface area contributed by atoms with Crippen LogP contribution in [0, 0.1) is 6.92 Å². The normalized spacial score (nSPS) is 13.0. The summed E-state index contributed by atoms with van der Waals surface area (Å²) in [5.74, 6) is 1.53. The van der Waals surface area contributed by atoms with E-state index in [1.54, 1.807) is 32.4 Å². The van der Waals surface area contributed by atoms with Gasteiger partial charge in [0.2, 0.25) is 0 Å². The smallest absolute Gasteiger partial charge is 0.319 e. The van der Waals surface area contributed by atoms with Gasteiger partial charge < -0.3 is 29.6 Å². The Morgan fingerprint density at radius 3 is 2.31 bits per heavy atom. The molecule has 0 aliphatic heterocycles. The molecule has 0 fully saturated rings. The highest BCUT2D eigenvalue weighted by atomic mass is 31.2. The number of phosphoric ester groups is 1. The molecule has 0 aliphatic rings. The van der Waals surface area contributed by atoms with Gasteiger partial charge in [-0.25, -0.2) is 0 Å². The van der Waals surface area contributed by atoms with Crippen molar-refractivity contribution in [2.75, 3.05) is 21.3 Å². The molecule has 0 radical (unpaired) electrons. The van der Waals surface area contributed by atoms with Gasteiger partial charge in [-0.05, 0) is 47.9 Å². The Bertz CT molecular complexity index is 821. The molecule has 26 heavy (non-hydrogen) atoms. The van der Waals surface area contributed by atoms with Crippen molar-refractivity contribution in [2.45, 2.75) is 6.92 Å². The summed E-state index contributed by atoms with van der Waals surface area (Å²) in [5, 5.41) is 0. The lowest BCUT2D eigenvalue weighted by atomic mass is 10.1. The van der Waals surface area contributed by atoms with Crippen LogP contribution in [0.15, 0.2) is 36.4 Å². The maximum atomic E-state index is 11.4. The van der Waals surface area contributed by atoms with Gasteiger partial charge in [0.05, 0.1) is 14.2 Å². The van der Waals surface area contributed by atoms with Gasteiger partial charge in [0.1, 0.15) is 5.75 Å². The third-order valence-corrected chi connectivity index (χ3v) is 4.34. The monoisotopic (exact) mass is 381 g/mol. The average molecular weight is 381 g/mol. The van der Waals surface area contributed by atoms with Gasteiger partial charge in [0, 0.05) is 7.11 Å². The first-order chi connectivity index (χ1) is 11.9. The van der Waals surface area contributed by atoms with Crippen molar-refractivity contribution in [1.29, 1.82) is 0 Å². The molecule has 2 aromatic rings. The Morgan fingerprint density at radius 2 is 1.69 bits per heavy atom. The van der Waals surface area contributed by atoms with Crippen molar-refractivity contribution < 1.29 is 28.0 Å². The van der Waals surface area contributed by atoms with Crippen LogP contribution < -0.4 is 25.0 Å². The highest BCUT2D eigenvalue weighted by Gasteiger charge is 2.09. The molecular weight excluding hydrogens is 357 g/mol. The molecule has 0 amide bonds. The van der Waals surface area contributed by atoms with E-state index in [4.69, 9.17) is 14.0 Å². The summed E-state index contributed by atoms with van der Waals surface area (Å²) in [6.45, 7) is 1.93. The SMILES string of the molecule is COc1cc(/C=C\c2cccc(OP(=O)([O-])OC)c2)cc(C)c1OC.[NH4+]. The third-order valence-electron chi connectivity index (χ3n) is 3.45. The highest BCUT2D eigenvalue weighted by molar-refractivity contribution is 7.46. The van der Waals surface area contributed by atoms with Gasteiger partial charge in [-0.2, -0.15) is 0 Å². The van der Waals surface area contributed by atoms with Crippen molar-refractivity contribution in [3.63, 3.8) is 0 Å². The van der Waals surface area contributed by atoms with E-state index in [9.17, 15) is 9.46 Å². The van der Waals surface area contributed by atoms with E-state index in [2.05, 4.69) is 4.52 Å². The van der Waals surface area contributed by atoms with Crippen LogP contribution in [-0.4, -0.2) is 21.3 Å². The Kier molecular flexibility index (Phi) is 7.86. The van der Waals surface area contributed by atoms with Gasteiger partial charge in [0.25, 0.3) is 0 Å². The van der Waals surface area contributed by atoms with Crippen LogP contribution in [0.4, 0.5) is 0 Å². The van der Waals surface area contributed by atoms with Crippen LogP contribution in [0.3, 0.4) is 0 Å². The summed E-state index contributed by atoms with van der Waals surface area (Å²) in [4.78, 5) is 11.4. The Hall–Kier alpha value is -2.31. The lowest BCUT2D eigenvalue weighted by molar-refractivity contribution is -0.214. The van der Waals surface area contributed by atoms with E-state index in [-0.39, 0.29) is 11.9 Å². The topological polar surface area (TPSA) is 114 Å². The zero-order chi connectivity index (χ0) is 18.4. The fraction of sp³-hybridized carbons (Fsp3) is 0.222. The molecule has 8 heteroatoms. The van der Waals surface area contributed by atoms with E-state index in [0.29, 0.717) is 11.5 Å². The standard InChI is InChI=1S/C18H21O6P.H3N/c1-13-10-15(12-17(21-2)18(13)22-3)9-8-14-6-5-7-16(11-14)24-25(19,20)23-4;/h5-12H,1-4H3,(H,19,20);1H3/b9-8-;. The van der Waals surface area contributed by atoms with Crippen LogP contribution >= 0.6 is 7.82 Å². The number of quaternary nitrogens is 1. The summed E-state index contributed by atoms with van der Waals surface area (Å²) in [5.41, 5.74) is 2.65. The van der Waals surface area contributed by atoms with Crippen LogP contribution in [0.25, 0.3) is 12.2 Å². The van der Waals surface area contributed by atoms with Crippen molar-refractivity contribution >= 4 is 20.0 Å². The van der Waals surface area contributed by atoms with Gasteiger partial charge in [0.15, 0.2) is 11.5 Å². The minimum absolute atomic E-state index is 0. The largest absolute Gasteiger partial charge is 0.746 e. The van der Waals surface area contributed by atoms with Crippen LogP contribution in [-0.2, 0) is 9.09 Å². The van der Waals surface area contributed by atoms with Crippen molar-refractivity contribution in [1.82, 2.24) is 6.15 Å². The summed E-state index contributed by atoms with van der Waals surface area (Å²) >= 11 is 0. The van der Waals surface area contributed by atoms with E-state index < -0.39 is 7.82 Å². The van der Waals surface area contributed by atoms with Crippen LogP contribution in [0.2, 0.25) is 0 Å². The first kappa shape index (κ1) is 21.7. The van der Waals surface area contributed by atoms with E-state index >= 15 is 0 Å². The molecule has 0 aromatic heterocycles. The number of ether oxygens (including phenoxy) is 2. The Balaban J connectivity index is 0.00000338. The van der Waals surface area contributed by atoms with Crippen LogP contribution in [0.1, 0.15) is 16.7 Å². The van der Waals surface area contributed by atoms with E-state index in [0.717, 1.165) is 23.8 Å². The zero-order valence-electron chi connectivity index (χ0n) is 15.5. The number of benzene rings is 2. The molecule has 7 nitrogen and oxygen atoms in total. The average Bonchev–Trinajstić information content (AvgIpc) is 2.59. The Morgan fingerprint density at radius 1 is 1.00 bits per heavy atom. The second-order valence-electron chi connectivity index (χ2n) is 5.20.